The van der Waals surface area contributed by atoms with Gasteiger partial charge in [-0.15, -0.1) is 0 Å². The van der Waals surface area contributed by atoms with Crippen molar-refractivity contribution in [3.05, 3.63) is 54.1 Å². The van der Waals surface area contributed by atoms with Gasteiger partial charge < -0.3 is 9.47 Å². The SMILES string of the molecule is CC(=O)Cc1ccc(Oc2ccc(S(=O)(=O)CC3CO3)cc2)cc1. The van der Waals surface area contributed by atoms with E-state index in [-0.39, 0.29) is 22.5 Å². The smallest absolute Gasteiger partial charge is 0.181 e. The predicted octanol–water partition coefficient (Wildman–Crippen LogP) is 2.78. The van der Waals surface area contributed by atoms with Gasteiger partial charge in [0, 0.05) is 6.42 Å². The summed E-state index contributed by atoms with van der Waals surface area (Å²) in [7, 11) is -3.32. The van der Waals surface area contributed by atoms with Crippen molar-refractivity contribution in [1.82, 2.24) is 0 Å². The molecule has 5 nitrogen and oxygen atoms in total. The maximum absolute atomic E-state index is 12.1. The van der Waals surface area contributed by atoms with Crippen LogP contribution in [0, 0.1) is 0 Å². The first-order chi connectivity index (χ1) is 11.4. The summed E-state index contributed by atoms with van der Waals surface area (Å²) in [6.45, 7) is 2.06. The van der Waals surface area contributed by atoms with Crippen LogP contribution in [0.5, 0.6) is 11.5 Å². The lowest BCUT2D eigenvalue weighted by atomic mass is 10.1. The van der Waals surface area contributed by atoms with Crippen molar-refractivity contribution in [1.29, 1.82) is 0 Å². The number of ketones is 1. The predicted molar refractivity (Wildman–Crippen MR) is 89.1 cm³/mol. The molecular weight excluding hydrogens is 328 g/mol. The number of rotatable bonds is 7. The highest BCUT2D eigenvalue weighted by Crippen LogP contribution is 2.25. The number of epoxide rings is 1. The molecule has 2 aromatic carbocycles. The monoisotopic (exact) mass is 346 g/mol. The molecule has 1 fully saturated rings. The van der Waals surface area contributed by atoms with Crippen LogP contribution in [0.2, 0.25) is 0 Å². The van der Waals surface area contributed by atoms with Crippen molar-refractivity contribution in [2.75, 3.05) is 12.4 Å². The molecule has 1 aliphatic heterocycles. The van der Waals surface area contributed by atoms with Crippen molar-refractivity contribution in [2.45, 2.75) is 24.3 Å². The van der Waals surface area contributed by atoms with Gasteiger partial charge in [0.25, 0.3) is 0 Å². The molecule has 0 bridgehead atoms. The molecule has 0 aromatic heterocycles. The van der Waals surface area contributed by atoms with E-state index in [9.17, 15) is 13.2 Å². The first-order valence-electron chi connectivity index (χ1n) is 7.63. The Kier molecular flexibility index (Phi) is 4.69. The molecule has 0 radical (unpaired) electrons. The van der Waals surface area contributed by atoms with Gasteiger partial charge in [0.05, 0.1) is 23.4 Å². The zero-order chi connectivity index (χ0) is 17.2. The number of hydrogen-bond donors (Lipinski definition) is 0. The van der Waals surface area contributed by atoms with Crippen molar-refractivity contribution < 1.29 is 22.7 Å². The largest absolute Gasteiger partial charge is 0.457 e. The van der Waals surface area contributed by atoms with Crippen LogP contribution in [0.4, 0.5) is 0 Å². The highest BCUT2D eigenvalue weighted by molar-refractivity contribution is 7.91. The van der Waals surface area contributed by atoms with E-state index < -0.39 is 9.84 Å². The van der Waals surface area contributed by atoms with Gasteiger partial charge in [0.1, 0.15) is 17.3 Å². The fourth-order valence-corrected chi connectivity index (χ4v) is 3.74. The number of carbonyl (C=O) groups excluding carboxylic acids is 1. The Balaban J connectivity index is 1.66. The molecule has 0 saturated carbocycles. The minimum absolute atomic E-state index is 0.0187. The number of sulfone groups is 1. The van der Waals surface area contributed by atoms with Crippen LogP contribution in [-0.2, 0) is 25.8 Å². The van der Waals surface area contributed by atoms with Crippen LogP contribution in [0.15, 0.2) is 53.4 Å². The van der Waals surface area contributed by atoms with E-state index in [1.54, 1.807) is 31.2 Å². The molecular formula is C18H18O5S. The zero-order valence-corrected chi connectivity index (χ0v) is 14.1. The average Bonchev–Trinajstić information content (AvgIpc) is 3.33. The van der Waals surface area contributed by atoms with Crippen LogP contribution in [0.3, 0.4) is 0 Å². The van der Waals surface area contributed by atoms with Gasteiger partial charge in [-0.05, 0) is 48.9 Å². The molecule has 126 valence electrons. The van der Waals surface area contributed by atoms with Gasteiger partial charge >= 0.3 is 0 Å². The molecule has 24 heavy (non-hydrogen) atoms. The van der Waals surface area contributed by atoms with Gasteiger partial charge in [0.2, 0.25) is 0 Å². The van der Waals surface area contributed by atoms with Crippen molar-refractivity contribution in [2.24, 2.45) is 0 Å². The summed E-state index contributed by atoms with van der Waals surface area (Å²) in [6.07, 6.45) is 0.233. The Hall–Kier alpha value is -2.18. The van der Waals surface area contributed by atoms with Crippen molar-refractivity contribution in [3.8, 4) is 11.5 Å². The second-order valence-electron chi connectivity index (χ2n) is 5.83. The summed E-state index contributed by atoms with van der Waals surface area (Å²) < 4.78 is 34.9. The highest BCUT2D eigenvalue weighted by atomic mass is 32.2. The van der Waals surface area contributed by atoms with Crippen LogP contribution in [-0.4, -0.2) is 32.7 Å². The first kappa shape index (κ1) is 16.7. The van der Waals surface area contributed by atoms with Crippen LogP contribution in [0.1, 0.15) is 12.5 Å². The van der Waals surface area contributed by atoms with Gasteiger partial charge in [-0.2, -0.15) is 0 Å². The topological polar surface area (TPSA) is 73.0 Å². The van der Waals surface area contributed by atoms with Gasteiger partial charge in [-0.25, -0.2) is 8.42 Å². The van der Waals surface area contributed by atoms with E-state index in [2.05, 4.69) is 0 Å². The summed E-state index contributed by atoms with van der Waals surface area (Å²) in [6, 6.07) is 13.6. The summed E-state index contributed by atoms with van der Waals surface area (Å²) in [5, 5.41) is 0. The number of carbonyl (C=O) groups is 1. The van der Waals surface area contributed by atoms with Crippen molar-refractivity contribution >= 4 is 15.6 Å². The molecule has 1 heterocycles. The van der Waals surface area contributed by atoms with Crippen LogP contribution < -0.4 is 4.74 Å². The normalized spacial score (nSPS) is 16.6. The summed E-state index contributed by atoms with van der Waals surface area (Å²) in [5.74, 6) is 1.31. The van der Waals surface area contributed by atoms with E-state index in [4.69, 9.17) is 9.47 Å². The number of Topliss-reactive ketones (excluding diaryl/α,β-unsaturated/α-hetero) is 1. The lowest BCUT2D eigenvalue weighted by molar-refractivity contribution is -0.116. The molecule has 6 heteroatoms. The molecule has 0 amide bonds. The molecule has 1 unspecified atom stereocenters. The molecule has 0 N–H and O–H groups in total. The Morgan fingerprint density at radius 3 is 2.12 bits per heavy atom. The maximum Gasteiger partial charge on any atom is 0.181 e. The Morgan fingerprint density at radius 2 is 1.62 bits per heavy atom. The highest BCUT2D eigenvalue weighted by Gasteiger charge is 2.30. The van der Waals surface area contributed by atoms with E-state index in [1.165, 1.54) is 12.1 Å². The molecule has 3 rings (SSSR count). The number of hydrogen-bond acceptors (Lipinski definition) is 5. The standard InChI is InChI=1S/C18H18O5S/c1-13(19)10-14-2-4-15(5-3-14)23-16-6-8-18(9-7-16)24(20,21)12-17-11-22-17/h2-9,17H,10-12H2,1H3. The minimum atomic E-state index is -3.32. The Morgan fingerprint density at radius 1 is 1.08 bits per heavy atom. The fraction of sp³-hybridized carbons (Fsp3) is 0.278. The third-order valence-corrected chi connectivity index (χ3v) is 5.40. The van der Waals surface area contributed by atoms with Crippen molar-refractivity contribution in [3.63, 3.8) is 0 Å². The summed E-state index contributed by atoms with van der Waals surface area (Å²) in [5.41, 5.74) is 0.929. The van der Waals surface area contributed by atoms with E-state index in [0.29, 0.717) is 24.5 Å². The van der Waals surface area contributed by atoms with Crippen LogP contribution in [0.25, 0.3) is 0 Å². The second kappa shape index (κ2) is 6.75. The fourth-order valence-electron chi connectivity index (χ4n) is 2.32. The molecule has 1 atom stereocenters. The van der Waals surface area contributed by atoms with Gasteiger partial charge in [-0.3, -0.25) is 4.79 Å². The third-order valence-electron chi connectivity index (χ3n) is 3.60. The quantitative estimate of drug-likeness (QED) is 0.721. The zero-order valence-electron chi connectivity index (χ0n) is 13.3. The summed E-state index contributed by atoms with van der Waals surface area (Å²) in [4.78, 5) is 11.4. The Bertz CT molecular complexity index is 819. The molecule has 1 aliphatic rings. The van der Waals surface area contributed by atoms with E-state index in [1.807, 2.05) is 12.1 Å². The molecule has 1 saturated heterocycles. The lowest BCUT2D eigenvalue weighted by Crippen LogP contribution is -2.11. The minimum Gasteiger partial charge on any atom is -0.457 e. The summed E-state index contributed by atoms with van der Waals surface area (Å²) >= 11 is 0. The first-order valence-corrected chi connectivity index (χ1v) is 9.28. The van der Waals surface area contributed by atoms with E-state index >= 15 is 0 Å². The third kappa shape index (κ3) is 4.43. The van der Waals surface area contributed by atoms with Gasteiger partial charge in [0.15, 0.2) is 9.84 Å². The Labute approximate surface area is 141 Å². The van der Waals surface area contributed by atoms with E-state index in [0.717, 1.165) is 5.56 Å². The lowest BCUT2D eigenvalue weighted by Gasteiger charge is -2.08. The molecule has 2 aromatic rings. The van der Waals surface area contributed by atoms with Crippen LogP contribution >= 0.6 is 0 Å². The molecule has 0 spiro atoms. The van der Waals surface area contributed by atoms with Gasteiger partial charge in [-0.1, -0.05) is 12.1 Å². The maximum atomic E-state index is 12.1. The number of ether oxygens (including phenoxy) is 2. The number of benzene rings is 2. The second-order valence-corrected chi connectivity index (χ2v) is 7.87. The average molecular weight is 346 g/mol. The molecule has 0 aliphatic carbocycles.